The summed E-state index contributed by atoms with van der Waals surface area (Å²) in [7, 11) is 0. The minimum absolute atomic E-state index is 0. The Morgan fingerprint density at radius 1 is 1.07 bits per heavy atom. The van der Waals surface area contributed by atoms with Gasteiger partial charge in [0.1, 0.15) is 5.82 Å². The Hall–Kier alpha value is -3.40. The minimum Gasteiger partial charge on any atom is -0.412 e. The second kappa shape index (κ2) is 12.8. The highest BCUT2D eigenvalue weighted by molar-refractivity contribution is 7.80. The number of anilines is 2. The van der Waals surface area contributed by atoms with Gasteiger partial charge in [-0.25, -0.2) is 4.98 Å². The first-order valence-corrected chi connectivity index (χ1v) is 13.6. The molecule has 1 unspecified atom stereocenters. The predicted octanol–water partition coefficient (Wildman–Crippen LogP) is 4.71. The van der Waals surface area contributed by atoms with Gasteiger partial charge in [-0.2, -0.15) is 0 Å². The van der Waals surface area contributed by atoms with Crippen LogP contribution in [0.3, 0.4) is 0 Å². The van der Waals surface area contributed by atoms with Crippen molar-refractivity contribution in [3.05, 3.63) is 83.6 Å². The molecular weight excluding hydrogens is 524 g/mol. The molecule has 1 aliphatic heterocycles. The second-order valence-corrected chi connectivity index (χ2v) is 12.3. The van der Waals surface area contributed by atoms with Gasteiger partial charge in [-0.15, -0.1) is 12.6 Å². The largest absolute Gasteiger partial charge is 0.412 e. The van der Waals surface area contributed by atoms with Crippen molar-refractivity contribution < 1.29 is 22.0 Å². The first kappa shape index (κ1) is 32.8. The predicted molar refractivity (Wildman–Crippen MR) is 167 cm³/mol. The van der Waals surface area contributed by atoms with E-state index in [0.717, 1.165) is 35.7 Å². The second-order valence-electron chi connectivity index (χ2n) is 11.8. The fourth-order valence-corrected chi connectivity index (χ4v) is 5.50. The van der Waals surface area contributed by atoms with Crippen LogP contribution in [-0.2, 0) is 5.41 Å². The van der Waals surface area contributed by atoms with Gasteiger partial charge in [-0.3, -0.25) is 9.59 Å². The van der Waals surface area contributed by atoms with Crippen molar-refractivity contribution in [1.82, 2.24) is 4.98 Å². The Bertz CT molecular complexity index is 1330. The summed E-state index contributed by atoms with van der Waals surface area (Å²) >= 11 is 4.42. The summed E-state index contributed by atoms with van der Waals surface area (Å²) in [4.78, 5) is 35.7. The monoisotopic (exact) mass is 568 g/mol. The molecule has 40 heavy (non-hydrogen) atoms. The number of rotatable bonds is 7. The van der Waals surface area contributed by atoms with Gasteiger partial charge < -0.3 is 26.5 Å². The van der Waals surface area contributed by atoms with E-state index < -0.39 is 5.91 Å². The van der Waals surface area contributed by atoms with E-state index in [4.69, 9.17) is 10.7 Å². The van der Waals surface area contributed by atoms with E-state index in [-0.39, 0.29) is 29.2 Å². The van der Waals surface area contributed by atoms with E-state index in [1.807, 2.05) is 59.5 Å². The Morgan fingerprint density at radius 2 is 1.75 bits per heavy atom. The minimum atomic E-state index is -0.473. The summed E-state index contributed by atoms with van der Waals surface area (Å²) in [6, 6.07) is 20.8. The molecule has 218 valence electrons. The van der Waals surface area contributed by atoms with Crippen LogP contribution in [0.5, 0.6) is 0 Å². The molecule has 1 atom stereocenters. The summed E-state index contributed by atoms with van der Waals surface area (Å²) < 4.78 is 0. The van der Waals surface area contributed by atoms with Gasteiger partial charge in [0.25, 0.3) is 11.8 Å². The average Bonchev–Trinajstić information content (AvgIpc) is 3.17. The van der Waals surface area contributed by atoms with Gasteiger partial charge in [0.05, 0.1) is 5.56 Å². The lowest BCUT2D eigenvalue weighted by molar-refractivity contribution is 0.0981. The lowest BCUT2D eigenvalue weighted by Gasteiger charge is -2.34. The molecule has 1 fully saturated rings. The van der Waals surface area contributed by atoms with Crippen LogP contribution in [0.15, 0.2) is 71.6 Å². The highest BCUT2D eigenvalue weighted by Crippen LogP contribution is 2.40. The van der Waals surface area contributed by atoms with Crippen LogP contribution in [-0.4, -0.2) is 46.4 Å². The van der Waals surface area contributed by atoms with Crippen LogP contribution in [0.25, 0.3) is 0 Å². The van der Waals surface area contributed by atoms with Crippen molar-refractivity contribution in [2.75, 3.05) is 22.9 Å². The van der Waals surface area contributed by atoms with Gasteiger partial charge >= 0.3 is 0 Å². The molecular formula is C31H44N4O4S. The smallest absolute Gasteiger partial charge is 0.258 e. The van der Waals surface area contributed by atoms with Gasteiger partial charge in [-0.05, 0) is 75.1 Å². The number of carbonyl (C=O) groups is 2. The summed E-state index contributed by atoms with van der Waals surface area (Å²) in [6.07, 6.45) is 1.72. The molecule has 2 amide bonds. The van der Waals surface area contributed by atoms with Crippen molar-refractivity contribution in [2.24, 2.45) is 11.7 Å². The lowest BCUT2D eigenvalue weighted by Crippen LogP contribution is -2.40. The number of nitrogens with two attached hydrogens (primary N) is 1. The van der Waals surface area contributed by atoms with E-state index in [1.165, 1.54) is 0 Å². The number of hydrogen-bond acceptors (Lipinski definition) is 5. The van der Waals surface area contributed by atoms with Crippen LogP contribution in [0.2, 0.25) is 0 Å². The Balaban J connectivity index is 0.00000280. The molecule has 3 aromatic rings. The van der Waals surface area contributed by atoms with Crippen molar-refractivity contribution in [2.45, 2.75) is 63.3 Å². The number of primary amides is 1. The lowest BCUT2D eigenvalue weighted by atomic mass is 9.91. The van der Waals surface area contributed by atoms with Crippen LogP contribution >= 0.6 is 12.6 Å². The number of para-hydroxylation sites is 1. The first-order valence-electron chi connectivity index (χ1n) is 13.1. The van der Waals surface area contributed by atoms with Crippen LogP contribution in [0.4, 0.5) is 11.5 Å². The normalized spacial score (nSPS) is 16.1. The van der Waals surface area contributed by atoms with E-state index >= 15 is 0 Å². The van der Waals surface area contributed by atoms with Crippen molar-refractivity contribution >= 4 is 35.9 Å². The topological polar surface area (TPSA) is 143 Å². The molecule has 2 aromatic carbocycles. The molecule has 1 aromatic heterocycles. The number of pyridine rings is 1. The third-order valence-corrected chi connectivity index (χ3v) is 7.57. The fourth-order valence-electron chi connectivity index (χ4n) is 5.28. The maximum atomic E-state index is 13.6. The maximum Gasteiger partial charge on any atom is 0.258 e. The van der Waals surface area contributed by atoms with Gasteiger partial charge in [0.2, 0.25) is 0 Å². The van der Waals surface area contributed by atoms with E-state index in [0.29, 0.717) is 29.4 Å². The molecule has 6 N–H and O–H groups in total. The molecule has 9 heteroatoms. The zero-order valence-electron chi connectivity index (χ0n) is 23.9. The number of hydrogen-bond donors (Lipinski definition) is 2. The molecule has 0 saturated carbocycles. The molecule has 8 nitrogen and oxygen atoms in total. The van der Waals surface area contributed by atoms with Crippen LogP contribution in [0, 0.1) is 5.92 Å². The van der Waals surface area contributed by atoms with Gasteiger partial charge in [0, 0.05) is 47.3 Å². The number of carbonyl (C=O) groups excluding carboxylic acids is 2. The van der Waals surface area contributed by atoms with E-state index in [1.54, 1.807) is 12.1 Å². The van der Waals surface area contributed by atoms with Crippen molar-refractivity contribution in [3.63, 3.8) is 0 Å². The summed E-state index contributed by atoms with van der Waals surface area (Å²) in [5.74, 6) is 0.441. The number of aromatic nitrogens is 1. The molecule has 0 radical (unpaired) electrons. The maximum absolute atomic E-state index is 13.6. The first-order chi connectivity index (χ1) is 17.9. The number of thiol groups is 1. The highest BCUT2D eigenvalue weighted by atomic mass is 32.1. The Labute approximate surface area is 244 Å². The van der Waals surface area contributed by atoms with Gasteiger partial charge in [-0.1, -0.05) is 45.0 Å². The van der Waals surface area contributed by atoms with Gasteiger partial charge in [0.15, 0.2) is 0 Å². The Kier molecular flexibility index (Phi) is 10.5. The number of benzene rings is 2. The number of amides is 2. The van der Waals surface area contributed by atoms with E-state index in [9.17, 15) is 9.59 Å². The average molecular weight is 569 g/mol. The zero-order valence-corrected chi connectivity index (χ0v) is 24.8. The van der Waals surface area contributed by atoms with Crippen molar-refractivity contribution in [1.29, 1.82) is 0 Å². The third kappa shape index (κ3) is 7.21. The molecule has 0 aliphatic carbocycles. The molecule has 1 aliphatic rings. The molecule has 0 spiro atoms. The third-order valence-electron chi connectivity index (χ3n) is 7.29. The quantitative estimate of drug-likeness (QED) is 0.398. The summed E-state index contributed by atoms with van der Waals surface area (Å²) in [5, 5.41) is 0. The molecule has 0 bridgehead atoms. The zero-order chi connectivity index (χ0) is 27.7. The molecule has 2 heterocycles. The summed E-state index contributed by atoms with van der Waals surface area (Å²) in [5.41, 5.74) is 8.24. The van der Waals surface area contributed by atoms with E-state index in [2.05, 4.69) is 52.1 Å². The standard InChI is InChI=1S/C31H38N4O2S.2H2O.H2/c1-30(2,3)26-15-14-25(27(32)36)28(33-26)35-20-21(19-31(35,4)5)16-17-34(23-11-7-6-8-12-23)29(37)22-10-9-13-24(38)18-22;;;/h6-15,18,21,38H,16-17,19-20H2,1-5H3,(H2,32,36);2*1H2;1H. The fraction of sp³-hybridized carbons (Fsp3) is 0.387. The Morgan fingerprint density at radius 3 is 2.35 bits per heavy atom. The van der Waals surface area contributed by atoms with Crippen molar-refractivity contribution in [3.8, 4) is 0 Å². The highest BCUT2D eigenvalue weighted by Gasteiger charge is 2.41. The molecule has 1 saturated heterocycles. The summed E-state index contributed by atoms with van der Waals surface area (Å²) in [6.45, 7) is 12.0. The van der Waals surface area contributed by atoms with Crippen LogP contribution in [0.1, 0.15) is 75.3 Å². The molecule has 4 rings (SSSR count). The number of nitrogens with zero attached hydrogens (tertiary/aromatic N) is 3. The van der Waals surface area contributed by atoms with Crippen LogP contribution < -0.4 is 15.5 Å². The SMILES string of the molecule is CC(C)(C)c1ccc(C(N)=O)c(N2CC(CCN(C(=O)c3cccc(S)c3)c3ccccc3)CC2(C)C)n1.O.O.[HH].